The van der Waals surface area contributed by atoms with Crippen LogP contribution in [-0.2, 0) is 19.2 Å². The van der Waals surface area contributed by atoms with Gasteiger partial charge in [-0.05, 0) is 24.3 Å². The van der Waals surface area contributed by atoms with Crippen LogP contribution in [0.5, 0.6) is 0 Å². The number of nitrogens with two attached hydrogens (primary N) is 1. The van der Waals surface area contributed by atoms with Crippen LogP contribution in [0.4, 0.5) is 5.69 Å². The Bertz CT molecular complexity index is 969. The summed E-state index contributed by atoms with van der Waals surface area (Å²) in [6.07, 6.45) is 0. The molecule has 0 bridgehead atoms. The number of quaternary nitrogens is 1. The van der Waals surface area contributed by atoms with Gasteiger partial charge in [0.15, 0.2) is 0 Å². The number of nitrogens with zero attached hydrogens (tertiary/aromatic N) is 1. The van der Waals surface area contributed by atoms with Crippen molar-refractivity contribution in [1.82, 2.24) is 0 Å². The van der Waals surface area contributed by atoms with Crippen molar-refractivity contribution in [3.05, 3.63) is 105 Å². The molecule has 0 heterocycles. The first kappa shape index (κ1) is 17.6. The fourth-order valence-corrected chi connectivity index (χ4v) is 2.27. The van der Waals surface area contributed by atoms with E-state index in [-0.39, 0.29) is 17.8 Å². The summed E-state index contributed by atoms with van der Waals surface area (Å²) in [6.45, 7) is -0.160. The molecule has 3 aromatic carbocycles. The molecule has 2 N–H and O–H groups in total. The molecule has 0 saturated carbocycles. The molecule has 0 spiro atoms. The molecule has 3 rings (SSSR count). The molecule has 138 valence electrons. The molecular weight excluding hydrogens is 384 g/mol. The highest BCUT2D eigenvalue weighted by Gasteiger charge is 2.12. The van der Waals surface area contributed by atoms with Crippen LogP contribution >= 0.6 is 11.6 Å². The maximum atomic E-state index is 12.2. The third-order valence-corrected chi connectivity index (χ3v) is 3.91. The van der Waals surface area contributed by atoms with Crippen LogP contribution < -0.4 is 5.30 Å². The van der Waals surface area contributed by atoms with Crippen LogP contribution in [0.25, 0.3) is 0 Å². The van der Waals surface area contributed by atoms with Gasteiger partial charge in [0.05, 0.1) is 10.5 Å². The maximum absolute atomic E-state index is 12.2. The highest BCUT2D eigenvalue weighted by Crippen LogP contribution is 2.11. The first-order valence-electron chi connectivity index (χ1n) is 8.78. The Morgan fingerprint density at radius 3 is 2.11 bits per heavy atom. The van der Waals surface area contributed by atoms with E-state index in [1.165, 1.54) is 24.3 Å². The third-order valence-electron chi connectivity index (χ3n) is 3.39. The lowest BCUT2D eigenvalue weighted by Gasteiger charge is -2.01. The number of carbonyl (C=O) groups is 1. The van der Waals surface area contributed by atoms with E-state index >= 15 is 0 Å². The van der Waals surface area contributed by atoms with Gasteiger partial charge >= 0.3 is 8.73 Å². The second-order valence-electron chi connectivity index (χ2n) is 5.36. The molecule has 0 aliphatic rings. The number of nitro benzene ring substituents is 1. The maximum Gasteiger partial charge on any atom is 0.355 e. The molecule has 7 heteroatoms. The Morgan fingerprint density at radius 1 is 1.04 bits per heavy atom. The van der Waals surface area contributed by atoms with Crippen molar-refractivity contribution in [2.75, 3.05) is 0 Å². The zero-order valence-corrected chi connectivity index (χ0v) is 15.7. The van der Waals surface area contributed by atoms with Gasteiger partial charge in [0.2, 0.25) is 0 Å². The second-order valence-corrected chi connectivity index (χ2v) is 6.27. The highest BCUT2D eigenvalue weighted by atomic mass is 35.5. The Labute approximate surface area is 170 Å². The van der Waals surface area contributed by atoms with E-state index in [4.69, 9.17) is 27.1 Å². The smallest absolute Gasteiger partial charge is 0.355 e. The van der Waals surface area contributed by atoms with E-state index in [9.17, 15) is 14.9 Å². The second kappa shape index (κ2) is 10.4. The zero-order valence-electron chi connectivity index (χ0n) is 16.1. The van der Waals surface area contributed by atoms with E-state index < -0.39 is 16.1 Å². The van der Waals surface area contributed by atoms with Gasteiger partial charge < -0.3 is 12.6 Å². The van der Waals surface area contributed by atoms with Crippen molar-refractivity contribution in [2.45, 2.75) is 11.4 Å². The molecular formula is C20H17ClN2O3S. The number of carbonyl (C=O) groups excluding carboxylic acids is 1. The molecule has 3 aromatic rings. The number of benzene rings is 3. The molecule has 0 saturated heterocycles. The SMILES string of the molecule is [2H][N+]([2H])(Cc1ccc(Cl)cc1)C(=O)c1ccc([N+](=O)[O-])cc1.[S-]c1ccccc1. The first-order valence-corrected chi connectivity index (χ1v) is 8.67. The summed E-state index contributed by atoms with van der Waals surface area (Å²) >= 11 is 10.6. The molecule has 0 aliphatic carbocycles. The van der Waals surface area contributed by atoms with Gasteiger partial charge in [-0.2, -0.15) is 4.90 Å². The average Bonchev–Trinajstić information content (AvgIpc) is 2.70. The number of rotatable bonds is 4. The summed E-state index contributed by atoms with van der Waals surface area (Å²) in [6, 6.07) is 21.0. The normalized spacial score (nSPS) is 11.4. The van der Waals surface area contributed by atoms with Crippen molar-refractivity contribution in [1.29, 1.82) is 0 Å². The Hall–Kier alpha value is -2.80. The van der Waals surface area contributed by atoms with E-state index in [0.29, 0.717) is 10.6 Å². The lowest BCUT2D eigenvalue weighted by atomic mass is 10.2. The Balaban J connectivity index is 0.000000360. The molecule has 0 radical (unpaired) electrons. The molecule has 5 nitrogen and oxygen atoms in total. The molecule has 27 heavy (non-hydrogen) atoms. The molecule has 1 amide bonds. The zero-order chi connectivity index (χ0) is 21.4. The lowest BCUT2D eigenvalue weighted by molar-refractivity contribution is -0.571. The lowest BCUT2D eigenvalue weighted by Crippen LogP contribution is -2.86. The van der Waals surface area contributed by atoms with Gasteiger partial charge in [-0.25, -0.2) is 4.79 Å². The van der Waals surface area contributed by atoms with E-state index in [2.05, 4.69) is 0 Å². The topological polar surface area (TPSA) is 76.8 Å². The quantitative estimate of drug-likeness (QED) is 0.409. The van der Waals surface area contributed by atoms with Crippen molar-refractivity contribution >= 4 is 35.8 Å². The van der Waals surface area contributed by atoms with Crippen LogP contribution in [-0.4, -0.2) is 10.8 Å². The van der Waals surface area contributed by atoms with Gasteiger partial charge in [-0.15, -0.1) is 0 Å². The minimum Gasteiger partial charge on any atom is -0.780 e. The monoisotopic (exact) mass is 402 g/mol. The summed E-state index contributed by atoms with van der Waals surface area (Å²) in [5.41, 5.74) is 0.538. The minimum atomic E-state index is -1.39. The van der Waals surface area contributed by atoms with Crippen LogP contribution in [0.15, 0.2) is 83.8 Å². The number of nitro groups is 1. The van der Waals surface area contributed by atoms with Crippen molar-refractivity contribution in [2.24, 2.45) is 0 Å². The van der Waals surface area contributed by atoms with Crippen molar-refractivity contribution in [3.8, 4) is 0 Å². The van der Waals surface area contributed by atoms with Gasteiger partial charge in [-0.3, -0.25) is 15.4 Å². The van der Waals surface area contributed by atoms with Gasteiger partial charge in [0.25, 0.3) is 5.69 Å². The van der Waals surface area contributed by atoms with Gasteiger partial charge in [-0.1, -0.05) is 54.1 Å². The van der Waals surface area contributed by atoms with E-state index in [1.807, 2.05) is 30.3 Å². The third kappa shape index (κ3) is 7.15. The van der Waals surface area contributed by atoms with Gasteiger partial charge in [0, 0.05) is 22.7 Å². The average molecular weight is 403 g/mol. The molecule has 0 aliphatic heterocycles. The minimum absolute atomic E-state index is 0.0737. The largest absolute Gasteiger partial charge is 0.780 e. The standard InChI is InChI=1S/C14H11ClN2O3.C6H6S/c15-12-5-1-10(2-6-12)9-16-14(18)11-3-7-13(8-4-11)17(19)20;7-6-4-2-1-3-5-6/h1-8H,9H2,(H,16,18);1-5,7H/i/hD2. The summed E-state index contributed by atoms with van der Waals surface area (Å²) < 4.78 is 15.8. The van der Waals surface area contributed by atoms with E-state index in [1.54, 1.807) is 24.3 Å². The molecule has 0 unspecified atom stereocenters. The van der Waals surface area contributed by atoms with Crippen molar-refractivity contribution in [3.63, 3.8) is 0 Å². The number of hydrogen-bond donors (Lipinski definition) is 1. The first-order chi connectivity index (χ1) is 13.7. The van der Waals surface area contributed by atoms with E-state index in [0.717, 1.165) is 4.90 Å². The summed E-state index contributed by atoms with van der Waals surface area (Å²) in [5.74, 6) is -0.773. The molecule has 0 atom stereocenters. The van der Waals surface area contributed by atoms with Crippen LogP contribution in [0, 0.1) is 10.1 Å². The molecule has 0 fully saturated rings. The van der Waals surface area contributed by atoms with Crippen LogP contribution in [0.2, 0.25) is 7.85 Å². The predicted molar refractivity (Wildman–Crippen MR) is 107 cm³/mol. The fourth-order valence-electron chi connectivity index (χ4n) is 1.99. The predicted octanol–water partition coefficient (Wildman–Crippen LogP) is 3.74. The fraction of sp³-hybridized carbons (Fsp3) is 0.0500. The van der Waals surface area contributed by atoms with Crippen LogP contribution in [0.1, 0.15) is 15.9 Å². The highest BCUT2D eigenvalue weighted by molar-refractivity contribution is 7.58. The van der Waals surface area contributed by atoms with Crippen molar-refractivity contribution < 1.29 is 17.8 Å². The van der Waals surface area contributed by atoms with Crippen LogP contribution in [0.3, 0.4) is 0 Å². The Morgan fingerprint density at radius 2 is 1.63 bits per heavy atom. The summed E-state index contributed by atoms with van der Waals surface area (Å²) in [7, 11) is 0. The number of non-ortho nitro benzene ring substituents is 1. The summed E-state index contributed by atoms with van der Waals surface area (Å²) in [5, 5.41) is 9.72. The summed E-state index contributed by atoms with van der Waals surface area (Å²) in [4.78, 5) is 23.1. The number of amides is 1. The van der Waals surface area contributed by atoms with Gasteiger partial charge in [0.1, 0.15) is 6.54 Å². The number of primary amides is 1. The molecule has 0 aromatic heterocycles. The Kier molecular flexibility index (Phi) is 6.76. The number of hydrogen-bond acceptors (Lipinski definition) is 4. The number of halogens is 1.